The zero-order chi connectivity index (χ0) is 38.5. The third-order valence-corrected chi connectivity index (χ3v) is 12.5. The number of nitrogens with zero attached hydrogens (tertiary/aromatic N) is 8. The molecule has 0 bridgehead atoms. The number of anilines is 1. The number of thioether (sulfide) groups is 1. The number of carbonyl (C=O) groups excluding carboxylic acids is 1. The molecule has 55 heavy (non-hydrogen) atoms. The fourth-order valence-electron chi connectivity index (χ4n) is 8.64. The smallest absolute Gasteiger partial charge is 0.263 e. The van der Waals surface area contributed by atoms with Gasteiger partial charge in [-0.1, -0.05) is 29.8 Å². The number of piperazine rings is 1. The van der Waals surface area contributed by atoms with Crippen LogP contribution in [0.2, 0.25) is 5.02 Å². The molecule has 14 nitrogen and oxygen atoms in total. The highest BCUT2D eigenvalue weighted by Gasteiger charge is 2.47. The highest BCUT2D eigenvalue weighted by atomic mass is 35.5. The summed E-state index contributed by atoms with van der Waals surface area (Å²) in [7, 11) is 3.34. The Labute approximate surface area is 330 Å². The predicted molar refractivity (Wildman–Crippen MR) is 214 cm³/mol. The Balaban J connectivity index is 1.01. The molecule has 1 spiro atoms. The molecule has 1 N–H and O–H groups in total. The van der Waals surface area contributed by atoms with Crippen molar-refractivity contribution in [2.45, 2.75) is 50.6 Å². The van der Waals surface area contributed by atoms with Crippen molar-refractivity contribution < 1.29 is 19.2 Å². The van der Waals surface area contributed by atoms with E-state index in [1.165, 1.54) is 22.9 Å². The highest BCUT2D eigenvalue weighted by Crippen LogP contribution is 2.50. The van der Waals surface area contributed by atoms with Crippen molar-refractivity contribution in [2.75, 3.05) is 71.2 Å². The van der Waals surface area contributed by atoms with Crippen molar-refractivity contribution >= 4 is 46.1 Å². The highest BCUT2D eigenvalue weighted by molar-refractivity contribution is 8.02. The van der Waals surface area contributed by atoms with Crippen molar-refractivity contribution in [2.24, 2.45) is 5.92 Å². The Morgan fingerprint density at radius 3 is 2.55 bits per heavy atom. The quantitative estimate of drug-likeness (QED) is 0.103. The van der Waals surface area contributed by atoms with E-state index in [0.29, 0.717) is 55.1 Å². The van der Waals surface area contributed by atoms with Crippen molar-refractivity contribution in [1.82, 2.24) is 34.9 Å². The molecule has 2 aromatic carbocycles. The van der Waals surface area contributed by atoms with Gasteiger partial charge in [-0.3, -0.25) is 19.8 Å². The molecule has 292 valence electrons. The van der Waals surface area contributed by atoms with Gasteiger partial charge in [-0.2, -0.15) is 5.10 Å². The number of hydrogen-bond donors (Lipinski definition) is 1. The van der Waals surface area contributed by atoms with E-state index in [-0.39, 0.29) is 17.4 Å². The van der Waals surface area contributed by atoms with Crippen molar-refractivity contribution in [3.8, 4) is 11.5 Å². The van der Waals surface area contributed by atoms with Gasteiger partial charge in [0.25, 0.3) is 6.20 Å². The SMILES string of the molecule is COc1cc2c(cc1OC)C1(CCC(C(=O)N3CCN(c4ncnc5c4cnn5Cc4ccccc4Cl)CC3)CC1)N(CCCN/C(=C/[N+](=O)[O-])SC)CC2. The summed E-state index contributed by atoms with van der Waals surface area (Å²) >= 11 is 7.77. The van der Waals surface area contributed by atoms with E-state index in [0.717, 1.165) is 86.0 Å². The van der Waals surface area contributed by atoms with Gasteiger partial charge in [0.2, 0.25) is 5.91 Å². The normalized spacial score (nSPS) is 20.4. The van der Waals surface area contributed by atoms with Crippen LogP contribution in [-0.4, -0.2) is 107 Å². The van der Waals surface area contributed by atoms with Gasteiger partial charge in [0, 0.05) is 62.3 Å². The van der Waals surface area contributed by atoms with Crippen LogP contribution in [0.5, 0.6) is 11.5 Å². The molecule has 4 aromatic rings. The van der Waals surface area contributed by atoms with Crippen LogP contribution in [0.4, 0.5) is 5.82 Å². The number of carbonyl (C=O) groups is 1. The zero-order valence-electron chi connectivity index (χ0n) is 31.6. The molecular formula is C39H48ClN9O5S. The first-order valence-electron chi connectivity index (χ1n) is 18.8. The van der Waals surface area contributed by atoms with Gasteiger partial charge in [-0.25, -0.2) is 14.6 Å². The standard InChI is InChI=1S/C39H48ClN9O5S/c1-53-33-21-28-11-16-47(15-6-14-41-35(55-3)25-49(51)52)39(31(28)22-34(33)54-2)12-9-27(10-13-39)38(50)46-19-17-45(18-20-46)36-30-23-44-48(37(30)43-26-42-36)24-29-7-4-5-8-32(29)40/h4-5,7-8,21-23,25-27,41H,6,9-20,24H2,1-3H3/b35-25-. The summed E-state index contributed by atoms with van der Waals surface area (Å²) in [6, 6.07) is 12.0. The minimum absolute atomic E-state index is 0.0450. The van der Waals surface area contributed by atoms with Crippen LogP contribution < -0.4 is 19.7 Å². The maximum absolute atomic E-state index is 14.1. The van der Waals surface area contributed by atoms with E-state index in [1.807, 2.05) is 46.3 Å². The van der Waals surface area contributed by atoms with Gasteiger partial charge in [-0.15, -0.1) is 11.8 Å². The monoisotopic (exact) mass is 789 g/mol. The van der Waals surface area contributed by atoms with Gasteiger partial charge in [0.05, 0.1) is 37.3 Å². The maximum atomic E-state index is 14.1. The topological polar surface area (TPSA) is 144 Å². The van der Waals surface area contributed by atoms with Crippen LogP contribution in [0.25, 0.3) is 11.0 Å². The summed E-state index contributed by atoms with van der Waals surface area (Å²) in [6.07, 6.45) is 11.3. The largest absolute Gasteiger partial charge is 0.493 e. The second-order valence-electron chi connectivity index (χ2n) is 14.3. The minimum Gasteiger partial charge on any atom is -0.493 e. The van der Waals surface area contributed by atoms with E-state index in [9.17, 15) is 14.9 Å². The Morgan fingerprint density at radius 2 is 1.84 bits per heavy atom. The number of halogens is 1. The first-order valence-corrected chi connectivity index (χ1v) is 20.4. The Morgan fingerprint density at radius 1 is 1.09 bits per heavy atom. The number of rotatable bonds is 13. The fourth-order valence-corrected chi connectivity index (χ4v) is 9.27. The molecule has 3 aliphatic rings. The van der Waals surface area contributed by atoms with Crippen LogP contribution in [0.15, 0.2) is 60.2 Å². The van der Waals surface area contributed by atoms with Crippen LogP contribution in [0, 0.1) is 16.0 Å². The number of nitrogens with one attached hydrogen (secondary N) is 1. The molecular weight excluding hydrogens is 742 g/mol. The number of ether oxygens (including phenoxy) is 2. The Hall–Kier alpha value is -4.60. The Bertz CT molecular complexity index is 2050. The first-order chi connectivity index (χ1) is 26.7. The van der Waals surface area contributed by atoms with Crippen LogP contribution in [0.3, 0.4) is 0 Å². The lowest BCUT2D eigenvalue weighted by Crippen LogP contribution is -2.55. The number of amides is 1. The second-order valence-corrected chi connectivity index (χ2v) is 15.6. The van der Waals surface area contributed by atoms with Crippen LogP contribution >= 0.6 is 23.4 Å². The van der Waals surface area contributed by atoms with Gasteiger partial charge in [-0.05, 0) is 79.7 Å². The summed E-state index contributed by atoms with van der Waals surface area (Å²) in [5.74, 6) is 2.46. The van der Waals surface area contributed by atoms with Gasteiger partial charge < -0.3 is 24.6 Å². The van der Waals surface area contributed by atoms with Gasteiger partial charge in [0.1, 0.15) is 17.2 Å². The maximum Gasteiger partial charge on any atom is 0.263 e. The molecule has 2 fully saturated rings. The Kier molecular flexibility index (Phi) is 12.0. The fraction of sp³-hybridized carbons (Fsp3) is 0.487. The molecule has 0 atom stereocenters. The summed E-state index contributed by atoms with van der Waals surface area (Å²) in [4.78, 5) is 40.8. The van der Waals surface area contributed by atoms with Crippen molar-refractivity contribution in [3.63, 3.8) is 0 Å². The molecule has 2 aromatic heterocycles. The van der Waals surface area contributed by atoms with E-state index in [1.54, 1.807) is 20.5 Å². The number of fused-ring (bicyclic) bond motifs is 3. The molecule has 1 saturated heterocycles. The predicted octanol–water partition coefficient (Wildman–Crippen LogP) is 5.56. The molecule has 2 aliphatic heterocycles. The number of hydrogen-bond acceptors (Lipinski definition) is 12. The third kappa shape index (κ3) is 8.05. The number of nitro groups is 1. The molecule has 0 radical (unpaired) electrons. The van der Waals surface area contributed by atoms with Crippen molar-refractivity contribution in [1.29, 1.82) is 0 Å². The average Bonchev–Trinajstić information content (AvgIpc) is 3.62. The van der Waals surface area contributed by atoms with Crippen LogP contribution in [0.1, 0.15) is 48.8 Å². The number of benzene rings is 2. The first kappa shape index (κ1) is 38.7. The summed E-state index contributed by atoms with van der Waals surface area (Å²) in [6.45, 7) is 5.46. The summed E-state index contributed by atoms with van der Waals surface area (Å²) in [5, 5.41) is 21.0. The van der Waals surface area contributed by atoms with Gasteiger partial charge >= 0.3 is 0 Å². The van der Waals surface area contributed by atoms with Crippen molar-refractivity contribution in [3.05, 3.63) is 92.0 Å². The molecule has 1 amide bonds. The summed E-state index contributed by atoms with van der Waals surface area (Å²) in [5.41, 5.74) is 4.00. The lowest BCUT2D eigenvalue weighted by Gasteiger charge is -2.52. The van der Waals surface area contributed by atoms with E-state index in [4.69, 9.17) is 21.1 Å². The lowest BCUT2D eigenvalue weighted by atomic mass is 9.68. The number of aromatic nitrogens is 4. The van der Waals surface area contributed by atoms with Crippen LogP contribution in [-0.2, 0) is 23.3 Å². The van der Waals surface area contributed by atoms with E-state index in [2.05, 4.69) is 42.3 Å². The molecule has 7 rings (SSSR count). The molecule has 4 heterocycles. The molecule has 0 unspecified atom stereocenters. The third-order valence-electron chi connectivity index (χ3n) is 11.5. The molecule has 16 heteroatoms. The zero-order valence-corrected chi connectivity index (χ0v) is 33.2. The average molecular weight is 790 g/mol. The molecule has 1 aliphatic carbocycles. The number of methoxy groups -OCH3 is 2. The second kappa shape index (κ2) is 17.0. The lowest BCUT2D eigenvalue weighted by molar-refractivity contribution is -0.403. The minimum atomic E-state index is -0.423. The van der Waals surface area contributed by atoms with E-state index < -0.39 is 4.92 Å². The summed E-state index contributed by atoms with van der Waals surface area (Å²) < 4.78 is 13.3. The van der Waals surface area contributed by atoms with E-state index >= 15 is 0 Å². The van der Waals surface area contributed by atoms with Gasteiger partial charge in [0.15, 0.2) is 17.1 Å². The molecule has 1 saturated carbocycles.